The Morgan fingerprint density at radius 3 is 1.19 bits per heavy atom. The fraction of sp³-hybridized carbons (Fsp3) is 0.922. The first-order valence-corrected chi connectivity index (χ1v) is 26.1. The molecule has 0 fully saturated rings. The molecule has 0 unspecified atom stereocenters. The molecule has 0 aliphatic carbocycles. The first kappa shape index (κ1) is 64.2. The van der Waals surface area contributed by atoms with Crippen LogP contribution in [0.15, 0.2) is 0 Å². The van der Waals surface area contributed by atoms with Crippen LogP contribution in [-0.4, -0.2) is 52.4 Å². The molecule has 0 aromatic rings. The maximum absolute atomic E-state index is 11.5. The molecular weight excluding hydrogens is 755 g/mol. The van der Waals surface area contributed by atoms with Crippen molar-refractivity contribution in [2.75, 3.05) is 18.8 Å². The maximum atomic E-state index is 11.5. The van der Waals surface area contributed by atoms with Gasteiger partial charge in [0.15, 0.2) is 5.12 Å². The largest absolute Gasteiger partial charge is 0.481 e. The topological polar surface area (TPSA) is 121 Å². The van der Waals surface area contributed by atoms with Crippen LogP contribution in [0, 0.1) is 29.6 Å². The average Bonchev–Trinajstić information content (AvgIpc) is 3.22. The highest BCUT2D eigenvalue weighted by Gasteiger charge is 2.12. The fourth-order valence-electron chi connectivity index (χ4n) is 6.47. The summed E-state index contributed by atoms with van der Waals surface area (Å²) in [5.74, 6) is 0.409. The molecule has 0 radical (unpaired) electrons. The van der Waals surface area contributed by atoms with Crippen LogP contribution < -0.4 is 5.32 Å². The summed E-state index contributed by atoms with van der Waals surface area (Å²) in [6.07, 6.45) is 37.4. The summed E-state index contributed by atoms with van der Waals surface area (Å²) in [6.45, 7) is 22.7. The molecule has 7 nitrogen and oxygen atoms in total. The van der Waals surface area contributed by atoms with Crippen molar-refractivity contribution in [3.05, 3.63) is 0 Å². The second-order valence-electron chi connectivity index (χ2n) is 17.6. The molecule has 3 N–H and O–H groups in total. The maximum Gasteiger partial charge on any atom is 0.306 e. The van der Waals surface area contributed by atoms with Crippen LogP contribution in [-0.2, 0) is 19.2 Å². The number of aldehydes is 1. The highest BCUT2D eigenvalue weighted by atomic mass is 32.2. The van der Waals surface area contributed by atoms with Crippen LogP contribution in [0.1, 0.15) is 255 Å². The summed E-state index contributed by atoms with van der Waals surface area (Å²) >= 11 is 1.47. The van der Waals surface area contributed by atoms with E-state index >= 15 is 0 Å². The quantitative estimate of drug-likeness (QED) is 0.0415. The molecule has 59 heavy (non-hydrogen) atoms. The molecule has 8 heteroatoms. The van der Waals surface area contributed by atoms with E-state index in [2.05, 4.69) is 46.9 Å². The second kappa shape index (κ2) is 52.7. The summed E-state index contributed by atoms with van der Waals surface area (Å²) in [7, 11) is 0. The van der Waals surface area contributed by atoms with Gasteiger partial charge < -0.3 is 20.3 Å². The van der Waals surface area contributed by atoms with Gasteiger partial charge in [0.25, 0.3) is 0 Å². The smallest absolute Gasteiger partial charge is 0.306 e. The highest BCUT2D eigenvalue weighted by molar-refractivity contribution is 8.13. The van der Waals surface area contributed by atoms with E-state index in [0.29, 0.717) is 11.0 Å². The summed E-state index contributed by atoms with van der Waals surface area (Å²) in [6, 6.07) is 0. The van der Waals surface area contributed by atoms with Crippen molar-refractivity contribution < 1.29 is 29.4 Å². The number of carbonyl (C=O) groups is 4. The molecule has 0 aliphatic heterocycles. The number of aliphatic carboxylic acids is 2. The van der Waals surface area contributed by atoms with Crippen molar-refractivity contribution in [3.8, 4) is 0 Å². The number of thioether (sulfide) groups is 1. The molecule has 354 valence electrons. The fourth-order valence-corrected chi connectivity index (χ4v) is 7.15. The van der Waals surface area contributed by atoms with E-state index < -0.39 is 11.9 Å². The van der Waals surface area contributed by atoms with E-state index in [1.807, 2.05) is 13.8 Å². The zero-order valence-electron chi connectivity index (χ0n) is 41.0. The average molecular weight is 858 g/mol. The molecule has 0 aromatic heterocycles. The lowest BCUT2D eigenvalue weighted by Gasteiger charge is -2.13. The Kier molecular flexibility index (Phi) is 57.4. The summed E-state index contributed by atoms with van der Waals surface area (Å²) in [5.41, 5.74) is 0. The van der Waals surface area contributed by atoms with Crippen LogP contribution in [0.4, 0.5) is 0 Å². The second-order valence-corrected chi connectivity index (χ2v) is 18.8. The minimum Gasteiger partial charge on any atom is -0.481 e. The van der Waals surface area contributed by atoms with E-state index in [9.17, 15) is 19.2 Å². The van der Waals surface area contributed by atoms with Gasteiger partial charge in [-0.25, -0.2) is 0 Å². The molecule has 0 heterocycles. The third kappa shape index (κ3) is 56.6. The standard InChI is InChI=1S/C16H33NO2.C13H26OS.C11H22O2.C11H22O/c1-4-5-6-7-8-9-10-14(2)13-17-12-11-15(3)16(18)19;1-4-6-7-8-9-10-11-12(3)13(14)15-5-2;1-3-4-5-6-7-8-9-10(2)11(12)13;1-3-4-5-6-7-8-9-11(2)10-12/h14-15,17H,4-13H2,1-3H3,(H,18,19);12H,4-11H2,1-3H3;10H,3-9H2,1-2H3,(H,12,13);10-11H,3-9H2,1-2H3/t14-,15-;12-;10-;11-/m0000/s1. The molecule has 0 spiro atoms. The van der Waals surface area contributed by atoms with E-state index in [1.165, 1.54) is 166 Å². The normalized spacial score (nSPS) is 13.3. The lowest BCUT2D eigenvalue weighted by atomic mass is 10.0. The SMILES string of the molecule is CCCCCCCC[C@H](C)C(=O)O.CCCCCCCC[C@H](C)C(=O)SCC.CCCCCCCC[C@H](C)C=O.CCCCCCCC[C@H](C)CNCC[C@H](C)C(=O)O. The third-order valence-electron chi connectivity index (χ3n) is 11.1. The third-order valence-corrected chi connectivity index (χ3v) is 12.0. The first-order chi connectivity index (χ1) is 28.3. The molecule has 0 bridgehead atoms. The molecular formula is C51H103NO6S. The number of nitrogens with one attached hydrogen (secondary N) is 1. The van der Waals surface area contributed by atoms with Crippen molar-refractivity contribution in [2.24, 2.45) is 29.6 Å². The molecule has 0 saturated carbocycles. The van der Waals surface area contributed by atoms with Crippen molar-refractivity contribution in [2.45, 2.75) is 255 Å². The number of carbonyl (C=O) groups excluding carboxylic acids is 2. The number of carboxylic acid groups (broad SMARTS) is 2. The zero-order chi connectivity index (χ0) is 45.4. The monoisotopic (exact) mass is 858 g/mol. The number of hydrogen-bond donors (Lipinski definition) is 3. The van der Waals surface area contributed by atoms with E-state index in [4.69, 9.17) is 10.2 Å². The number of hydrogen-bond acceptors (Lipinski definition) is 6. The molecule has 0 aliphatic rings. The van der Waals surface area contributed by atoms with Crippen LogP contribution in [0.3, 0.4) is 0 Å². The minimum absolute atomic E-state index is 0.161. The van der Waals surface area contributed by atoms with Gasteiger partial charge in [-0.05, 0) is 56.9 Å². The highest BCUT2D eigenvalue weighted by Crippen LogP contribution is 2.18. The molecule has 0 amide bonds. The van der Waals surface area contributed by atoms with Gasteiger partial charge in [-0.2, -0.15) is 0 Å². The first-order valence-electron chi connectivity index (χ1n) is 25.1. The minimum atomic E-state index is -0.693. The number of carboxylic acids is 2. The van der Waals surface area contributed by atoms with Gasteiger partial charge >= 0.3 is 11.9 Å². The molecule has 0 aromatic carbocycles. The lowest BCUT2D eigenvalue weighted by molar-refractivity contribution is -0.142. The summed E-state index contributed by atoms with van der Waals surface area (Å²) in [5, 5.41) is 21.1. The number of rotatable bonds is 38. The predicted octanol–water partition coefficient (Wildman–Crippen LogP) is 15.8. The summed E-state index contributed by atoms with van der Waals surface area (Å²) in [4.78, 5) is 42.9. The van der Waals surface area contributed by atoms with Crippen molar-refractivity contribution in [1.82, 2.24) is 5.32 Å². The van der Waals surface area contributed by atoms with Gasteiger partial charge in [0, 0.05) is 11.8 Å². The lowest BCUT2D eigenvalue weighted by Crippen LogP contribution is -2.25. The van der Waals surface area contributed by atoms with Crippen molar-refractivity contribution in [3.63, 3.8) is 0 Å². The summed E-state index contributed by atoms with van der Waals surface area (Å²) < 4.78 is 0. The number of unbranched alkanes of at least 4 members (excludes halogenated alkanes) is 20. The van der Waals surface area contributed by atoms with Gasteiger partial charge in [0.2, 0.25) is 0 Å². The van der Waals surface area contributed by atoms with Gasteiger partial charge in [0.1, 0.15) is 6.29 Å². The van der Waals surface area contributed by atoms with Gasteiger partial charge in [0.05, 0.1) is 11.8 Å². The van der Waals surface area contributed by atoms with Crippen molar-refractivity contribution >= 4 is 35.1 Å². The van der Waals surface area contributed by atoms with Crippen LogP contribution >= 0.6 is 11.8 Å². The van der Waals surface area contributed by atoms with Gasteiger partial charge in [-0.1, -0.05) is 235 Å². The predicted molar refractivity (Wildman–Crippen MR) is 260 cm³/mol. The van der Waals surface area contributed by atoms with Crippen LogP contribution in [0.25, 0.3) is 0 Å². The Morgan fingerprint density at radius 2 is 0.814 bits per heavy atom. The van der Waals surface area contributed by atoms with Gasteiger partial charge in [-0.15, -0.1) is 0 Å². The Labute approximate surface area is 372 Å². The van der Waals surface area contributed by atoms with E-state index in [-0.39, 0.29) is 23.7 Å². The van der Waals surface area contributed by atoms with Crippen molar-refractivity contribution in [1.29, 1.82) is 0 Å². The molecule has 5 atom stereocenters. The van der Waals surface area contributed by atoms with Gasteiger partial charge in [-0.3, -0.25) is 14.4 Å². The Balaban J connectivity index is -0.000000347. The molecule has 0 saturated heterocycles. The Morgan fingerprint density at radius 1 is 0.475 bits per heavy atom. The van der Waals surface area contributed by atoms with E-state index in [1.54, 1.807) is 13.8 Å². The Bertz CT molecular complexity index is 886. The Hall–Kier alpha value is -1.41. The van der Waals surface area contributed by atoms with E-state index in [0.717, 1.165) is 57.2 Å². The van der Waals surface area contributed by atoms with Crippen LogP contribution in [0.2, 0.25) is 0 Å². The molecule has 0 rings (SSSR count). The zero-order valence-corrected chi connectivity index (χ0v) is 41.8. The van der Waals surface area contributed by atoms with Crippen LogP contribution in [0.5, 0.6) is 0 Å².